The molecule has 1 saturated carbocycles. The van der Waals surface area contributed by atoms with Crippen molar-refractivity contribution in [3.8, 4) is 5.88 Å². The van der Waals surface area contributed by atoms with Gasteiger partial charge in [-0.05, 0) is 44.7 Å². The van der Waals surface area contributed by atoms with Gasteiger partial charge < -0.3 is 10.1 Å². The number of pyridine rings is 1. The van der Waals surface area contributed by atoms with Crippen LogP contribution in [0.2, 0.25) is 0 Å². The first kappa shape index (κ1) is 21.3. The van der Waals surface area contributed by atoms with Gasteiger partial charge in [0.15, 0.2) is 5.65 Å². The van der Waals surface area contributed by atoms with Gasteiger partial charge in [0.1, 0.15) is 11.4 Å². The number of halogens is 3. The monoisotopic (exact) mass is 434 g/mol. The van der Waals surface area contributed by atoms with Crippen molar-refractivity contribution < 1.29 is 17.9 Å². The summed E-state index contributed by atoms with van der Waals surface area (Å²) >= 11 is 0. The molecule has 0 bridgehead atoms. The molecule has 0 amide bonds. The second-order valence-electron chi connectivity index (χ2n) is 7.94. The maximum absolute atomic E-state index is 13.3. The van der Waals surface area contributed by atoms with Crippen molar-refractivity contribution in [3.05, 3.63) is 42.0 Å². The number of hydrogen-bond donors (Lipinski definition) is 1. The Morgan fingerprint density at radius 3 is 2.87 bits per heavy atom. The van der Waals surface area contributed by atoms with Crippen molar-refractivity contribution in [2.45, 2.75) is 70.2 Å². The highest BCUT2D eigenvalue weighted by atomic mass is 19.4. The van der Waals surface area contributed by atoms with Crippen LogP contribution in [-0.4, -0.2) is 36.7 Å². The third-order valence-electron chi connectivity index (χ3n) is 5.66. The first-order valence-electron chi connectivity index (χ1n) is 10.5. The number of fused-ring (bicyclic) bond motifs is 1. The summed E-state index contributed by atoms with van der Waals surface area (Å²) in [5, 5.41) is 11.8. The molecule has 1 aliphatic carbocycles. The minimum atomic E-state index is -4.58. The van der Waals surface area contributed by atoms with E-state index in [1.807, 2.05) is 35.7 Å². The van der Waals surface area contributed by atoms with Crippen LogP contribution in [-0.2, 0) is 6.18 Å². The largest absolute Gasteiger partial charge is 0.474 e. The van der Waals surface area contributed by atoms with Crippen LogP contribution < -0.4 is 10.1 Å². The summed E-state index contributed by atoms with van der Waals surface area (Å²) < 4.78 is 47.4. The lowest BCUT2D eigenvalue weighted by Crippen LogP contribution is -2.28. The Labute approximate surface area is 178 Å². The standard InChI is InChI=1S/C21H25F3N6O/c1-3-13(2)31-19-16(21(22,23)24)12-25-20(27-19)26-15-8-6-7-14(11-15)18-29-28-17-9-4-5-10-30(17)18/h4-5,9-10,12-15H,3,6-8,11H2,1-2H3,(H,25,26,27)/t13-,14+,15-/m1/s1. The predicted octanol–water partition coefficient (Wildman–Crippen LogP) is 4.85. The summed E-state index contributed by atoms with van der Waals surface area (Å²) in [5.74, 6) is 0.795. The van der Waals surface area contributed by atoms with Crippen LogP contribution in [0.3, 0.4) is 0 Å². The number of hydrogen-bond acceptors (Lipinski definition) is 6. The van der Waals surface area contributed by atoms with Gasteiger partial charge in [-0.2, -0.15) is 18.2 Å². The van der Waals surface area contributed by atoms with Crippen molar-refractivity contribution in [2.24, 2.45) is 0 Å². The normalized spacial score (nSPS) is 20.5. The lowest BCUT2D eigenvalue weighted by Gasteiger charge is -2.29. The second-order valence-corrected chi connectivity index (χ2v) is 7.94. The van der Waals surface area contributed by atoms with Gasteiger partial charge in [-0.15, -0.1) is 10.2 Å². The first-order valence-corrected chi connectivity index (χ1v) is 10.5. The van der Waals surface area contributed by atoms with Gasteiger partial charge in [0.25, 0.3) is 0 Å². The molecule has 0 saturated heterocycles. The highest BCUT2D eigenvalue weighted by Crippen LogP contribution is 2.37. The minimum Gasteiger partial charge on any atom is -0.474 e. The zero-order valence-corrected chi connectivity index (χ0v) is 17.4. The molecular weight excluding hydrogens is 409 g/mol. The van der Waals surface area contributed by atoms with Crippen molar-refractivity contribution in [1.82, 2.24) is 24.6 Å². The van der Waals surface area contributed by atoms with E-state index < -0.39 is 17.6 Å². The van der Waals surface area contributed by atoms with Gasteiger partial charge in [0, 0.05) is 24.4 Å². The molecule has 10 heteroatoms. The number of anilines is 1. The van der Waals surface area contributed by atoms with Crippen LogP contribution in [0.15, 0.2) is 30.6 Å². The van der Waals surface area contributed by atoms with Gasteiger partial charge in [-0.3, -0.25) is 4.40 Å². The molecule has 7 nitrogen and oxygen atoms in total. The fourth-order valence-corrected chi connectivity index (χ4v) is 3.87. The number of aromatic nitrogens is 5. The second kappa shape index (κ2) is 8.68. The topological polar surface area (TPSA) is 77.2 Å². The minimum absolute atomic E-state index is 0.0167. The van der Waals surface area contributed by atoms with Gasteiger partial charge in [-0.1, -0.05) is 19.4 Å². The fourth-order valence-electron chi connectivity index (χ4n) is 3.87. The maximum atomic E-state index is 13.3. The quantitative estimate of drug-likeness (QED) is 0.597. The summed E-state index contributed by atoms with van der Waals surface area (Å²) in [6.07, 6.45) is 1.92. The summed E-state index contributed by atoms with van der Waals surface area (Å²) in [4.78, 5) is 7.98. The number of ether oxygens (including phenoxy) is 1. The van der Waals surface area contributed by atoms with E-state index in [-0.39, 0.29) is 24.0 Å². The molecule has 1 aliphatic rings. The van der Waals surface area contributed by atoms with E-state index in [2.05, 4.69) is 25.5 Å². The average molecular weight is 434 g/mol. The van der Waals surface area contributed by atoms with Crippen LogP contribution >= 0.6 is 0 Å². The van der Waals surface area contributed by atoms with Crippen molar-refractivity contribution >= 4 is 11.6 Å². The van der Waals surface area contributed by atoms with E-state index in [1.165, 1.54) is 0 Å². The lowest BCUT2D eigenvalue weighted by molar-refractivity contribution is -0.139. The van der Waals surface area contributed by atoms with E-state index in [0.717, 1.165) is 43.4 Å². The zero-order chi connectivity index (χ0) is 22.0. The van der Waals surface area contributed by atoms with E-state index >= 15 is 0 Å². The molecule has 1 fully saturated rings. The molecule has 3 heterocycles. The molecule has 3 aromatic heterocycles. The Balaban J connectivity index is 1.52. The summed E-state index contributed by atoms with van der Waals surface area (Å²) in [6.45, 7) is 3.55. The highest BCUT2D eigenvalue weighted by Gasteiger charge is 2.37. The highest BCUT2D eigenvalue weighted by molar-refractivity contribution is 5.38. The number of nitrogens with one attached hydrogen (secondary N) is 1. The van der Waals surface area contributed by atoms with Crippen molar-refractivity contribution in [3.63, 3.8) is 0 Å². The van der Waals surface area contributed by atoms with Crippen LogP contribution in [0.1, 0.15) is 63.3 Å². The third kappa shape index (κ3) is 4.72. The average Bonchev–Trinajstić information content (AvgIpc) is 3.17. The molecule has 166 valence electrons. The molecule has 3 aromatic rings. The van der Waals surface area contributed by atoms with Crippen molar-refractivity contribution in [1.29, 1.82) is 0 Å². The number of nitrogens with zero attached hydrogens (tertiary/aromatic N) is 5. The Morgan fingerprint density at radius 1 is 1.26 bits per heavy atom. The Bertz CT molecular complexity index is 1040. The zero-order valence-electron chi connectivity index (χ0n) is 17.4. The smallest absolute Gasteiger partial charge is 0.423 e. The van der Waals surface area contributed by atoms with Gasteiger partial charge in [0.05, 0.1) is 6.10 Å². The van der Waals surface area contributed by atoms with Crippen LogP contribution in [0.5, 0.6) is 5.88 Å². The third-order valence-corrected chi connectivity index (χ3v) is 5.66. The van der Waals surface area contributed by atoms with E-state index in [9.17, 15) is 13.2 Å². The van der Waals surface area contributed by atoms with Crippen molar-refractivity contribution in [2.75, 3.05) is 5.32 Å². The molecule has 31 heavy (non-hydrogen) atoms. The predicted molar refractivity (Wildman–Crippen MR) is 109 cm³/mol. The molecule has 0 unspecified atom stereocenters. The van der Waals surface area contributed by atoms with Gasteiger partial charge >= 0.3 is 6.18 Å². The summed E-state index contributed by atoms with van der Waals surface area (Å²) in [7, 11) is 0. The van der Waals surface area contributed by atoms with E-state index in [1.54, 1.807) is 6.92 Å². The molecule has 0 aliphatic heterocycles. The van der Waals surface area contributed by atoms with Gasteiger partial charge in [0.2, 0.25) is 11.8 Å². The Kier molecular flexibility index (Phi) is 5.97. The van der Waals surface area contributed by atoms with Gasteiger partial charge in [-0.25, -0.2) is 4.98 Å². The number of alkyl halides is 3. The van der Waals surface area contributed by atoms with Crippen LogP contribution in [0.4, 0.5) is 19.1 Å². The molecule has 0 radical (unpaired) electrons. The van der Waals surface area contributed by atoms with E-state index in [4.69, 9.17) is 4.74 Å². The molecule has 1 N–H and O–H groups in total. The lowest BCUT2D eigenvalue weighted by atomic mass is 9.85. The SMILES string of the molecule is CC[C@@H](C)Oc1nc(N[C@@H]2CCC[C@H](c3nnc4ccccn34)C2)ncc1C(F)(F)F. The molecular formula is C21H25F3N6O. The fraction of sp³-hybridized carbons (Fsp3) is 0.524. The summed E-state index contributed by atoms with van der Waals surface area (Å²) in [6, 6.07) is 5.78. The van der Waals surface area contributed by atoms with Crippen LogP contribution in [0, 0.1) is 0 Å². The molecule has 4 rings (SSSR count). The molecule has 3 atom stereocenters. The molecule has 0 aromatic carbocycles. The Hall–Kier alpha value is -2.91. The van der Waals surface area contributed by atoms with E-state index in [0.29, 0.717) is 6.42 Å². The summed E-state index contributed by atoms with van der Waals surface area (Å²) in [5.41, 5.74) is -0.166. The van der Waals surface area contributed by atoms with Crippen LogP contribution in [0.25, 0.3) is 5.65 Å². The maximum Gasteiger partial charge on any atom is 0.423 e. The first-order chi connectivity index (χ1) is 14.8. The number of rotatable bonds is 6. The Morgan fingerprint density at radius 2 is 2.10 bits per heavy atom. The molecule has 0 spiro atoms.